The number of benzene rings is 1. The van der Waals surface area contributed by atoms with E-state index in [1.54, 1.807) is 51.5 Å². The zero-order valence-electron chi connectivity index (χ0n) is 14.7. The predicted octanol–water partition coefficient (Wildman–Crippen LogP) is 3.22. The predicted molar refractivity (Wildman–Crippen MR) is 91.9 cm³/mol. The third kappa shape index (κ3) is 3.55. The zero-order valence-corrected chi connectivity index (χ0v) is 14.7. The zero-order chi connectivity index (χ0) is 18.2. The maximum absolute atomic E-state index is 14.3. The molecule has 6 nitrogen and oxygen atoms in total. The molecule has 1 aromatic carbocycles. The molecule has 0 fully saturated rings. The van der Waals surface area contributed by atoms with Crippen LogP contribution in [0.25, 0.3) is 0 Å². The number of aliphatic imine (C=N–C) groups is 1. The molecule has 1 aliphatic rings. The minimum absolute atomic E-state index is 0.309. The molecule has 0 unspecified atom stereocenters. The summed E-state index contributed by atoms with van der Waals surface area (Å²) >= 11 is 0. The number of amidine groups is 1. The number of rotatable bonds is 1. The molecule has 0 saturated carbocycles. The minimum Gasteiger partial charge on any atom is -0.444 e. The Kier molecular flexibility index (Phi) is 4.10. The van der Waals surface area contributed by atoms with Crippen LogP contribution in [0.4, 0.5) is 9.18 Å². The molecule has 1 amide bonds. The lowest BCUT2D eigenvalue weighted by molar-refractivity contribution is 0.0562. The van der Waals surface area contributed by atoms with Crippen molar-refractivity contribution in [3.8, 4) is 0 Å². The summed E-state index contributed by atoms with van der Waals surface area (Å²) in [6.07, 6.45) is 2.63. The van der Waals surface area contributed by atoms with Crippen LogP contribution in [0.2, 0.25) is 0 Å². The highest BCUT2D eigenvalue weighted by atomic mass is 19.1. The van der Waals surface area contributed by atoms with E-state index in [4.69, 9.17) is 4.74 Å². The second-order valence-corrected chi connectivity index (χ2v) is 7.25. The minimum atomic E-state index is -0.872. The Hall–Kier alpha value is -2.70. The Morgan fingerprint density at radius 2 is 2.08 bits per heavy atom. The second-order valence-electron chi connectivity index (χ2n) is 7.25. The molecule has 1 atom stereocenters. The van der Waals surface area contributed by atoms with Gasteiger partial charge in [-0.1, -0.05) is 18.2 Å². The molecule has 2 heterocycles. The Morgan fingerprint density at radius 1 is 1.36 bits per heavy atom. The molecule has 7 heteroatoms. The summed E-state index contributed by atoms with van der Waals surface area (Å²) < 4.78 is 21.5. The Labute approximate surface area is 145 Å². The summed E-state index contributed by atoms with van der Waals surface area (Å²) in [6, 6.07) is 6.51. The van der Waals surface area contributed by atoms with E-state index in [1.165, 1.54) is 6.07 Å². The highest BCUT2D eigenvalue weighted by Crippen LogP contribution is 2.33. The maximum Gasteiger partial charge on any atom is 0.413 e. The number of carbonyl (C=O) groups excluding carboxylic acids is 1. The van der Waals surface area contributed by atoms with Crippen LogP contribution in [-0.4, -0.2) is 27.1 Å². The first-order valence-corrected chi connectivity index (χ1v) is 8.03. The van der Waals surface area contributed by atoms with Gasteiger partial charge in [0.25, 0.3) is 0 Å². The molecule has 2 aromatic rings. The molecule has 132 valence electrons. The number of nitrogens with one attached hydrogen (secondary N) is 1. The lowest BCUT2D eigenvalue weighted by Crippen LogP contribution is -2.43. The fraction of sp³-hybridized carbons (Fsp3) is 0.389. The third-order valence-electron chi connectivity index (χ3n) is 3.87. The van der Waals surface area contributed by atoms with Gasteiger partial charge in [0.15, 0.2) is 5.84 Å². The fourth-order valence-corrected chi connectivity index (χ4v) is 2.85. The van der Waals surface area contributed by atoms with Crippen LogP contribution in [0.15, 0.2) is 41.8 Å². The van der Waals surface area contributed by atoms with Gasteiger partial charge >= 0.3 is 6.09 Å². The van der Waals surface area contributed by atoms with E-state index in [9.17, 15) is 9.18 Å². The van der Waals surface area contributed by atoms with E-state index >= 15 is 0 Å². The quantitative estimate of drug-likeness (QED) is 0.863. The lowest BCUT2D eigenvalue weighted by atomic mass is 9.90. The van der Waals surface area contributed by atoms with Crippen LogP contribution >= 0.6 is 0 Å². The molecule has 0 radical (unpaired) electrons. The number of fused-ring (bicyclic) bond motifs is 1. The Bertz CT molecular complexity index is 838. The van der Waals surface area contributed by atoms with E-state index in [1.807, 2.05) is 11.5 Å². The summed E-state index contributed by atoms with van der Waals surface area (Å²) in [5.41, 5.74) is -0.393. The van der Waals surface area contributed by atoms with Gasteiger partial charge in [-0.3, -0.25) is 10.3 Å². The number of imidazole rings is 1. The highest BCUT2D eigenvalue weighted by Gasteiger charge is 2.35. The van der Waals surface area contributed by atoms with Gasteiger partial charge in [-0.05, 0) is 33.8 Å². The largest absolute Gasteiger partial charge is 0.444 e. The van der Waals surface area contributed by atoms with Gasteiger partial charge in [0.1, 0.15) is 22.7 Å². The number of amides is 1. The van der Waals surface area contributed by atoms with Gasteiger partial charge < -0.3 is 9.30 Å². The van der Waals surface area contributed by atoms with Gasteiger partial charge in [-0.15, -0.1) is 0 Å². The molecule has 25 heavy (non-hydrogen) atoms. The van der Waals surface area contributed by atoms with E-state index in [2.05, 4.69) is 15.3 Å². The van der Waals surface area contributed by atoms with Crippen molar-refractivity contribution in [2.45, 2.75) is 45.4 Å². The molecule has 0 aliphatic carbocycles. The number of halogens is 1. The number of ether oxygens (including phenoxy) is 1. The fourth-order valence-electron chi connectivity index (χ4n) is 2.85. The number of hydrogen-bond acceptors (Lipinski definition) is 4. The molecule has 3 rings (SSSR count). The van der Waals surface area contributed by atoms with Crippen molar-refractivity contribution >= 4 is 11.9 Å². The van der Waals surface area contributed by atoms with E-state index < -0.39 is 17.2 Å². The normalized spacial score (nSPS) is 19.8. The average Bonchev–Trinajstić information content (AvgIpc) is 2.93. The van der Waals surface area contributed by atoms with Gasteiger partial charge in [-0.25, -0.2) is 14.2 Å². The smallest absolute Gasteiger partial charge is 0.413 e. The summed E-state index contributed by atoms with van der Waals surface area (Å²) in [4.78, 5) is 20.9. The van der Waals surface area contributed by atoms with Crippen LogP contribution in [-0.2, 0) is 16.8 Å². The molecule has 1 N–H and O–H groups in total. The van der Waals surface area contributed by atoms with E-state index in [0.717, 1.165) is 0 Å². The van der Waals surface area contributed by atoms with Crippen molar-refractivity contribution in [3.63, 3.8) is 0 Å². The molecule has 1 aromatic heterocycles. The first-order valence-electron chi connectivity index (χ1n) is 8.03. The summed E-state index contributed by atoms with van der Waals surface area (Å²) in [6.45, 7) is 7.59. The van der Waals surface area contributed by atoms with Gasteiger partial charge in [0.2, 0.25) is 0 Å². The number of hydrogen-bond donors (Lipinski definition) is 1. The van der Waals surface area contributed by atoms with Crippen molar-refractivity contribution in [1.82, 2.24) is 14.9 Å². The summed E-state index contributed by atoms with van der Waals surface area (Å²) in [5.74, 6) is -0.0299. The maximum atomic E-state index is 14.3. The van der Waals surface area contributed by atoms with Gasteiger partial charge in [0, 0.05) is 5.56 Å². The molecular formula is C18H21FN4O2. The average molecular weight is 344 g/mol. The van der Waals surface area contributed by atoms with Crippen LogP contribution in [0, 0.1) is 5.82 Å². The standard InChI is InChI=1S/C18H21FN4O2/c1-17(2,3)25-16(24)21-15-14-9-20-11-23(14)10-18(4,22-15)12-7-5-6-8-13(12)19/h5-9,11H,10H2,1-4H3,(H,21,22,24)/t18-/m0/s1. The SMILES string of the molecule is CC(C)(C)OC(=O)NC1=N[C@](C)(c2ccccc2F)Cn2cncc21. The molecule has 0 bridgehead atoms. The first kappa shape index (κ1) is 17.1. The van der Waals surface area contributed by atoms with Crippen molar-refractivity contribution in [1.29, 1.82) is 0 Å². The Balaban J connectivity index is 1.98. The van der Waals surface area contributed by atoms with Crippen molar-refractivity contribution in [3.05, 3.63) is 53.9 Å². The van der Waals surface area contributed by atoms with Crippen LogP contribution in [0.3, 0.4) is 0 Å². The van der Waals surface area contributed by atoms with E-state index in [0.29, 0.717) is 23.6 Å². The van der Waals surface area contributed by atoms with Gasteiger partial charge in [-0.2, -0.15) is 0 Å². The molecular weight excluding hydrogens is 323 g/mol. The molecule has 0 spiro atoms. The van der Waals surface area contributed by atoms with Crippen molar-refractivity contribution in [2.75, 3.05) is 0 Å². The van der Waals surface area contributed by atoms with Crippen LogP contribution in [0.1, 0.15) is 39.0 Å². The monoisotopic (exact) mass is 344 g/mol. The number of alkyl carbamates (subject to hydrolysis) is 1. The second kappa shape index (κ2) is 5.98. The molecule has 0 saturated heterocycles. The third-order valence-corrected chi connectivity index (χ3v) is 3.87. The first-order chi connectivity index (χ1) is 11.7. The van der Waals surface area contributed by atoms with Crippen LogP contribution < -0.4 is 5.32 Å². The Morgan fingerprint density at radius 3 is 2.76 bits per heavy atom. The summed E-state index contributed by atoms with van der Waals surface area (Å²) in [7, 11) is 0. The number of nitrogens with zero attached hydrogens (tertiary/aromatic N) is 3. The summed E-state index contributed by atoms with van der Waals surface area (Å²) in [5, 5.41) is 2.67. The molecule has 1 aliphatic heterocycles. The number of carbonyl (C=O) groups is 1. The highest BCUT2D eigenvalue weighted by molar-refractivity contribution is 6.06. The lowest BCUT2D eigenvalue weighted by Gasteiger charge is -2.32. The van der Waals surface area contributed by atoms with E-state index in [-0.39, 0.29) is 5.82 Å². The van der Waals surface area contributed by atoms with Crippen molar-refractivity contribution in [2.24, 2.45) is 4.99 Å². The van der Waals surface area contributed by atoms with Crippen molar-refractivity contribution < 1.29 is 13.9 Å². The van der Waals surface area contributed by atoms with Gasteiger partial charge in [0.05, 0.1) is 19.1 Å². The topological polar surface area (TPSA) is 68.5 Å². The number of aromatic nitrogens is 2. The van der Waals surface area contributed by atoms with Crippen LogP contribution in [0.5, 0.6) is 0 Å².